The van der Waals surface area contributed by atoms with Crippen LogP contribution in [0.25, 0.3) is 22.3 Å². The van der Waals surface area contributed by atoms with Gasteiger partial charge in [0.15, 0.2) is 11.2 Å². The highest BCUT2D eigenvalue weighted by atomic mass is 16.5. The first-order chi connectivity index (χ1) is 17.3. The molecule has 2 aromatic heterocycles. The second-order valence-electron chi connectivity index (χ2n) is 9.17. The third kappa shape index (κ3) is 2.95. The maximum Gasteiger partial charge on any atom is 0.324 e. The van der Waals surface area contributed by atoms with Crippen molar-refractivity contribution < 1.29 is 23.9 Å². The number of esters is 1. The van der Waals surface area contributed by atoms with Gasteiger partial charge in [0.05, 0.1) is 29.0 Å². The molecule has 5 heterocycles. The van der Waals surface area contributed by atoms with E-state index < -0.39 is 29.0 Å². The zero-order valence-electron chi connectivity index (χ0n) is 19.4. The minimum atomic E-state index is -1.71. The summed E-state index contributed by atoms with van der Waals surface area (Å²) < 4.78 is 6.98. The molecule has 0 bridgehead atoms. The summed E-state index contributed by atoms with van der Waals surface area (Å²) in [5, 5.41) is 0.957. The molecule has 0 spiro atoms. The number of Topliss-reactive ketones (excluding diaryl/α,β-unsaturated/α-hetero) is 1. The molecule has 9 heteroatoms. The number of aromatic nitrogens is 2. The van der Waals surface area contributed by atoms with E-state index in [0.717, 1.165) is 33.5 Å². The number of benzene rings is 1. The van der Waals surface area contributed by atoms with E-state index in [2.05, 4.69) is 0 Å². The van der Waals surface area contributed by atoms with E-state index in [9.17, 15) is 24.0 Å². The molecule has 36 heavy (non-hydrogen) atoms. The van der Waals surface area contributed by atoms with Crippen LogP contribution in [0.4, 0.5) is 0 Å². The Labute approximate surface area is 205 Å². The van der Waals surface area contributed by atoms with Crippen molar-refractivity contribution in [3.63, 3.8) is 0 Å². The molecule has 6 rings (SSSR count). The fraction of sp³-hybridized carbons (Fsp3) is 0.259. The number of ketones is 1. The van der Waals surface area contributed by atoms with Crippen LogP contribution in [0, 0.1) is 0 Å². The van der Waals surface area contributed by atoms with Gasteiger partial charge in [0, 0.05) is 36.1 Å². The number of carbonyl (C=O) groups excluding carboxylic acids is 4. The first-order valence-corrected chi connectivity index (χ1v) is 11.8. The van der Waals surface area contributed by atoms with Crippen LogP contribution in [-0.4, -0.2) is 44.6 Å². The second-order valence-corrected chi connectivity index (χ2v) is 9.17. The highest BCUT2D eigenvalue weighted by molar-refractivity contribution is 6.14. The molecule has 3 aliphatic rings. The lowest BCUT2D eigenvalue weighted by atomic mass is 9.70. The molecular weight excluding hydrogens is 462 g/mol. The first-order valence-electron chi connectivity index (χ1n) is 11.8. The molecule has 1 atom stereocenters. The van der Waals surface area contributed by atoms with E-state index in [-0.39, 0.29) is 37.1 Å². The molecule has 0 saturated heterocycles. The van der Waals surface area contributed by atoms with E-state index in [1.165, 1.54) is 0 Å². The average Bonchev–Trinajstić information content (AvgIpc) is 3.40. The molecule has 9 nitrogen and oxygen atoms in total. The molecule has 0 fully saturated rings. The zero-order valence-corrected chi connectivity index (χ0v) is 19.4. The topological polar surface area (TPSA) is 116 Å². The van der Waals surface area contributed by atoms with E-state index in [1.54, 1.807) is 17.6 Å². The van der Waals surface area contributed by atoms with Crippen molar-refractivity contribution in [3.05, 3.63) is 75.6 Å². The summed E-state index contributed by atoms with van der Waals surface area (Å²) in [4.78, 5) is 70.0. The predicted molar refractivity (Wildman–Crippen MR) is 128 cm³/mol. The number of hydrogen-bond donors (Lipinski definition) is 0. The molecule has 0 aliphatic carbocycles. The first kappa shape index (κ1) is 22.1. The molecule has 180 valence electrons. The van der Waals surface area contributed by atoms with Gasteiger partial charge in [-0.2, -0.15) is 0 Å². The number of amides is 2. The number of carbonyl (C=O) groups is 4. The molecule has 3 aliphatic heterocycles. The summed E-state index contributed by atoms with van der Waals surface area (Å²) in [7, 11) is 0. The van der Waals surface area contributed by atoms with Crippen molar-refractivity contribution in [2.24, 2.45) is 0 Å². The lowest BCUT2D eigenvalue weighted by Gasteiger charge is -2.35. The van der Waals surface area contributed by atoms with Crippen LogP contribution in [0.3, 0.4) is 0 Å². The third-order valence-corrected chi connectivity index (χ3v) is 7.40. The minimum Gasteiger partial charge on any atom is -0.460 e. The molecular formula is C27H21N3O6. The SMILES string of the molecule is CC[C@@]1(C(=O)CCN2C(=O)C=CC2=O)C(=O)OCc2c1cc1n(c2=O)Cc2cc3ccccc3nc2-1. The van der Waals surface area contributed by atoms with Gasteiger partial charge in [-0.25, -0.2) is 4.98 Å². The molecule has 2 amide bonds. The number of pyridine rings is 2. The summed E-state index contributed by atoms with van der Waals surface area (Å²) >= 11 is 0. The standard InChI is InChI=1S/C27H21N3O6/c1-2-27(21(31)9-10-29-22(32)7-8-23(29)33)18-12-20-24-16(11-15-5-3-4-6-19(15)28-24)13-30(20)25(34)17(18)14-36-26(27)35/h3-8,11-12H,2,9-10,13-14H2,1H3/t27-/m1/s1. The Kier molecular flexibility index (Phi) is 4.79. The van der Waals surface area contributed by atoms with Gasteiger partial charge in [-0.3, -0.25) is 28.9 Å². The van der Waals surface area contributed by atoms with Gasteiger partial charge in [-0.1, -0.05) is 25.1 Å². The summed E-state index contributed by atoms with van der Waals surface area (Å²) in [5.74, 6) is -2.24. The van der Waals surface area contributed by atoms with Gasteiger partial charge in [0.25, 0.3) is 17.4 Å². The lowest BCUT2D eigenvalue weighted by molar-refractivity contribution is -0.158. The maximum atomic E-state index is 13.6. The van der Waals surface area contributed by atoms with E-state index in [0.29, 0.717) is 23.5 Å². The van der Waals surface area contributed by atoms with Crippen molar-refractivity contribution in [3.8, 4) is 11.4 Å². The van der Waals surface area contributed by atoms with Gasteiger partial charge in [0.2, 0.25) is 0 Å². The molecule has 0 radical (unpaired) electrons. The fourth-order valence-corrected chi connectivity index (χ4v) is 5.48. The van der Waals surface area contributed by atoms with Crippen LogP contribution < -0.4 is 5.56 Å². The Morgan fingerprint density at radius 2 is 1.83 bits per heavy atom. The van der Waals surface area contributed by atoms with Gasteiger partial charge < -0.3 is 9.30 Å². The largest absolute Gasteiger partial charge is 0.460 e. The number of rotatable bonds is 5. The predicted octanol–water partition coefficient (Wildman–Crippen LogP) is 2.01. The Bertz CT molecular complexity index is 1600. The van der Waals surface area contributed by atoms with Gasteiger partial charge >= 0.3 is 5.97 Å². The molecule has 0 unspecified atom stereocenters. The Hall–Kier alpha value is -4.40. The van der Waals surface area contributed by atoms with E-state index in [4.69, 9.17) is 9.72 Å². The number of cyclic esters (lactones) is 1. The average molecular weight is 483 g/mol. The zero-order chi connectivity index (χ0) is 25.2. The van der Waals surface area contributed by atoms with Crippen molar-refractivity contribution in [2.45, 2.75) is 38.3 Å². The third-order valence-electron chi connectivity index (χ3n) is 7.40. The number of hydrogen-bond acceptors (Lipinski definition) is 7. The number of nitrogens with zero attached hydrogens (tertiary/aromatic N) is 3. The van der Waals surface area contributed by atoms with Crippen molar-refractivity contribution in [2.75, 3.05) is 6.54 Å². The van der Waals surface area contributed by atoms with Crippen molar-refractivity contribution in [1.29, 1.82) is 0 Å². The van der Waals surface area contributed by atoms with Crippen LogP contribution >= 0.6 is 0 Å². The molecule has 1 aromatic carbocycles. The summed E-state index contributed by atoms with van der Waals surface area (Å²) in [6, 6.07) is 11.4. The van der Waals surface area contributed by atoms with E-state index in [1.807, 2.05) is 30.3 Å². The molecule has 0 saturated carbocycles. The Morgan fingerprint density at radius 3 is 2.58 bits per heavy atom. The number of ether oxygens (including phenoxy) is 1. The highest BCUT2D eigenvalue weighted by Gasteiger charge is 2.52. The maximum absolute atomic E-state index is 13.6. The number of para-hydroxylation sites is 1. The number of fused-ring (bicyclic) bond motifs is 5. The van der Waals surface area contributed by atoms with E-state index >= 15 is 0 Å². The summed E-state index contributed by atoms with van der Waals surface area (Å²) in [6.45, 7) is 1.64. The molecule has 3 aromatic rings. The van der Waals surface area contributed by atoms with Crippen LogP contribution in [-0.2, 0) is 42.5 Å². The normalized spacial score (nSPS) is 19.9. The van der Waals surface area contributed by atoms with Crippen LogP contribution in [0.1, 0.15) is 36.5 Å². The van der Waals surface area contributed by atoms with Crippen LogP contribution in [0.5, 0.6) is 0 Å². The van der Waals surface area contributed by atoms with Crippen molar-refractivity contribution in [1.82, 2.24) is 14.5 Å². The quantitative estimate of drug-likeness (QED) is 0.242. The van der Waals surface area contributed by atoms with Crippen molar-refractivity contribution >= 4 is 34.5 Å². The monoisotopic (exact) mass is 483 g/mol. The van der Waals surface area contributed by atoms with Gasteiger partial charge in [0.1, 0.15) is 6.61 Å². The van der Waals surface area contributed by atoms with Crippen LogP contribution in [0.15, 0.2) is 53.3 Å². The summed E-state index contributed by atoms with van der Waals surface area (Å²) in [6.07, 6.45) is 2.12. The van der Waals surface area contributed by atoms with Gasteiger partial charge in [-0.05, 0) is 30.2 Å². The number of imide groups is 1. The minimum absolute atomic E-state index is 0.0682. The smallest absolute Gasteiger partial charge is 0.324 e. The second kappa shape index (κ2) is 7.81. The highest BCUT2D eigenvalue weighted by Crippen LogP contribution is 2.41. The summed E-state index contributed by atoms with van der Waals surface area (Å²) in [5.41, 5.74) is 1.41. The lowest BCUT2D eigenvalue weighted by Crippen LogP contribution is -2.50. The molecule has 0 N–H and O–H groups in total. The van der Waals surface area contributed by atoms with Gasteiger partial charge in [-0.15, -0.1) is 0 Å². The Morgan fingerprint density at radius 1 is 1.08 bits per heavy atom. The fourth-order valence-electron chi connectivity index (χ4n) is 5.48. The Balaban J connectivity index is 1.46. The van der Waals surface area contributed by atoms with Crippen LogP contribution in [0.2, 0.25) is 0 Å².